The quantitative estimate of drug-likeness (QED) is 0.624. The summed E-state index contributed by atoms with van der Waals surface area (Å²) in [5.74, 6) is -0.531. The number of hydrogen-bond acceptors (Lipinski definition) is 4. The first-order chi connectivity index (χ1) is 14.0. The van der Waals surface area contributed by atoms with Crippen LogP contribution in [0.3, 0.4) is 0 Å². The Hall–Kier alpha value is -3.19. The van der Waals surface area contributed by atoms with Gasteiger partial charge < -0.3 is 10.6 Å². The Labute approximate surface area is 172 Å². The molecule has 0 aliphatic rings. The second-order valence-corrected chi connectivity index (χ2v) is 6.83. The second kappa shape index (κ2) is 9.34. The third-order valence-electron chi connectivity index (χ3n) is 4.33. The van der Waals surface area contributed by atoms with Crippen molar-refractivity contribution in [1.29, 1.82) is 0 Å². The number of fused-ring (bicyclic) bond motifs is 1. The van der Waals surface area contributed by atoms with Gasteiger partial charge in [-0.2, -0.15) is 0 Å². The third kappa shape index (κ3) is 5.00. The Morgan fingerprint density at radius 2 is 1.79 bits per heavy atom. The molecule has 0 radical (unpaired) electrons. The van der Waals surface area contributed by atoms with Crippen LogP contribution >= 0.6 is 11.6 Å². The minimum Gasteiger partial charge on any atom is -0.356 e. The van der Waals surface area contributed by atoms with Crippen molar-refractivity contribution in [1.82, 2.24) is 14.9 Å². The first kappa shape index (κ1) is 20.5. The minimum absolute atomic E-state index is 0.148. The summed E-state index contributed by atoms with van der Waals surface area (Å²) < 4.78 is 1.38. The Kier molecular flexibility index (Phi) is 6.61. The number of nitrogens with one attached hydrogen (secondary N) is 2. The van der Waals surface area contributed by atoms with E-state index in [1.165, 1.54) is 4.57 Å². The standard InChI is InChI=1S/C21H21ClN4O3/c1-2-23-19(27)12-11-17-21(29)26(18-10-6-5-9-16(18)24-17)13-20(28)25-15-8-4-3-7-14(15)22/h3-10H,2,11-13H2,1H3,(H,23,27)(H,25,28). The van der Waals surface area contributed by atoms with Gasteiger partial charge in [0.25, 0.3) is 5.56 Å². The minimum atomic E-state index is -0.387. The van der Waals surface area contributed by atoms with Crippen molar-refractivity contribution in [3.05, 3.63) is 69.6 Å². The molecule has 2 amide bonds. The van der Waals surface area contributed by atoms with E-state index < -0.39 is 0 Å². The molecule has 8 heteroatoms. The van der Waals surface area contributed by atoms with Crippen LogP contribution in [0, 0.1) is 0 Å². The average Bonchev–Trinajstić information content (AvgIpc) is 2.71. The van der Waals surface area contributed by atoms with Crippen LogP contribution in [0.2, 0.25) is 5.02 Å². The van der Waals surface area contributed by atoms with Crippen LogP contribution in [0.5, 0.6) is 0 Å². The van der Waals surface area contributed by atoms with Crippen LogP contribution in [0.25, 0.3) is 11.0 Å². The van der Waals surface area contributed by atoms with Crippen LogP contribution in [0.1, 0.15) is 19.0 Å². The maximum Gasteiger partial charge on any atom is 0.273 e. The number of halogens is 1. The van der Waals surface area contributed by atoms with E-state index in [2.05, 4.69) is 15.6 Å². The highest BCUT2D eigenvalue weighted by atomic mass is 35.5. The molecule has 0 aliphatic heterocycles. The van der Waals surface area contributed by atoms with Gasteiger partial charge >= 0.3 is 0 Å². The molecular weight excluding hydrogens is 392 g/mol. The molecule has 0 saturated carbocycles. The SMILES string of the molecule is CCNC(=O)CCc1nc2ccccc2n(CC(=O)Nc2ccccc2Cl)c1=O. The summed E-state index contributed by atoms with van der Waals surface area (Å²) in [6.07, 6.45) is 0.349. The maximum absolute atomic E-state index is 13.0. The molecule has 1 heterocycles. The zero-order valence-corrected chi connectivity index (χ0v) is 16.7. The van der Waals surface area contributed by atoms with E-state index in [9.17, 15) is 14.4 Å². The number of anilines is 1. The molecule has 1 aromatic heterocycles. The lowest BCUT2D eigenvalue weighted by Crippen LogP contribution is -2.32. The molecule has 2 N–H and O–H groups in total. The van der Waals surface area contributed by atoms with Crippen molar-refractivity contribution >= 4 is 40.1 Å². The molecule has 3 rings (SSSR count). The number of amides is 2. The highest BCUT2D eigenvalue weighted by molar-refractivity contribution is 6.33. The van der Waals surface area contributed by atoms with Gasteiger partial charge in [-0.25, -0.2) is 4.98 Å². The lowest BCUT2D eigenvalue weighted by molar-refractivity contribution is -0.121. The van der Waals surface area contributed by atoms with Crippen molar-refractivity contribution in [2.24, 2.45) is 0 Å². The van der Waals surface area contributed by atoms with Crippen molar-refractivity contribution in [3.8, 4) is 0 Å². The highest BCUT2D eigenvalue weighted by Crippen LogP contribution is 2.20. The number of para-hydroxylation sites is 3. The number of aryl methyl sites for hydroxylation is 1. The molecule has 3 aromatic rings. The average molecular weight is 413 g/mol. The first-order valence-electron chi connectivity index (χ1n) is 9.29. The predicted octanol–water partition coefficient (Wildman–Crippen LogP) is 2.76. The molecule has 0 unspecified atom stereocenters. The fourth-order valence-corrected chi connectivity index (χ4v) is 3.16. The monoisotopic (exact) mass is 412 g/mol. The molecule has 150 valence electrons. The molecule has 0 spiro atoms. The molecule has 0 fully saturated rings. The Bertz CT molecular complexity index is 1110. The largest absolute Gasteiger partial charge is 0.356 e. The topological polar surface area (TPSA) is 93.1 Å². The Balaban J connectivity index is 1.90. The molecular formula is C21H21ClN4O3. The summed E-state index contributed by atoms with van der Waals surface area (Å²) in [5.41, 5.74) is 1.47. The molecule has 0 bridgehead atoms. The van der Waals surface area contributed by atoms with Crippen LogP contribution in [-0.2, 0) is 22.6 Å². The normalized spacial score (nSPS) is 10.7. The zero-order valence-electron chi connectivity index (χ0n) is 15.9. The summed E-state index contributed by atoms with van der Waals surface area (Å²) >= 11 is 6.09. The van der Waals surface area contributed by atoms with E-state index in [0.29, 0.717) is 28.3 Å². The summed E-state index contributed by atoms with van der Waals surface area (Å²) in [6, 6.07) is 14.0. The van der Waals surface area contributed by atoms with Crippen molar-refractivity contribution in [2.75, 3.05) is 11.9 Å². The Morgan fingerprint density at radius 1 is 1.07 bits per heavy atom. The van der Waals surface area contributed by atoms with Gasteiger partial charge in [0, 0.05) is 19.4 Å². The van der Waals surface area contributed by atoms with E-state index in [1.54, 1.807) is 42.5 Å². The van der Waals surface area contributed by atoms with Crippen molar-refractivity contribution < 1.29 is 9.59 Å². The number of carbonyl (C=O) groups is 2. The molecule has 7 nitrogen and oxygen atoms in total. The fourth-order valence-electron chi connectivity index (χ4n) is 2.98. The number of nitrogens with zero attached hydrogens (tertiary/aromatic N) is 2. The Morgan fingerprint density at radius 3 is 2.55 bits per heavy atom. The number of carbonyl (C=O) groups excluding carboxylic acids is 2. The van der Waals surface area contributed by atoms with Gasteiger partial charge in [0.1, 0.15) is 12.2 Å². The molecule has 0 saturated heterocycles. The highest BCUT2D eigenvalue weighted by Gasteiger charge is 2.15. The third-order valence-corrected chi connectivity index (χ3v) is 4.66. The summed E-state index contributed by atoms with van der Waals surface area (Å²) in [4.78, 5) is 41.7. The second-order valence-electron chi connectivity index (χ2n) is 6.42. The molecule has 0 atom stereocenters. The van der Waals surface area contributed by atoms with Crippen LogP contribution in [0.4, 0.5) is 5.69 Å². The number of benzene rings is 2. The molecule has 29 heavy (non-hydrogen) atoms. The smallest absolute Gasteiger partial charge is 0.273 e. The molecule has 0 aliphatic carbocycles. The van der Waals surface area contributed by atoms with E-state index in [0.717, 1.165) is 0 Å². The lowest BCUT2D eigenvalue weighted by Gasteiger charge is -2.13. The maximum atomic E-state index is 13.0. The molecule has 2 aromatic carbocycles. The van der Waals surface area contributed by atoms with Crippen molar-refractivity contribution in [3.63, 3.8) is 0 Å². The van der Waals surface area contributed by atoms with Gasteiger partial charge in [0.05, 0.1) is 21.7 Å². The van der Waals surface area contributed by atoms with Gasteiger partial charge in [0.2, 0.25) is 11.8 Å². The van der Waals surface area contributed by atoms with Crippen molar-refractivity contribution in [2.45, 2.75) is 26.3 Å². The van der Waals surface area contributed by atoms with Gasteiger partial charge in [0.15, 0.2) is 0 Å². The van der Waals surface area contributed by atoms with Crippen LogP contribution in [-0.4, -0.2) is 27.9 Å². The first-order valence-corrected chi connectivity index (χ1v) is 9.67. The van der Waals surface area contributed by atoms with E-state index in [4.69, 9.17) is 11.6 Å². The van der Waals surface area contributed by atoms with E-state index in [-0.39, 0.29) is 42.5 Å². The van der Waals surface area contributed by atoms with E-state index in [1.807, 2.05) is 13.0 Å². The van der Waals surface area contributed by atoms with Gasteiger partial charge in [-0.1, -0.05) is 35.9 Å². The van der Waals surface area contributed by atoms with Gasteiger partial charge in [-0.3, -0.25) is 19.0 Å². The number of hydrogen-bond donors (Lipinski definition) is 2. The zero-order chi connectivity index (χ0) is 20.8. The van der Waals surface area contributed by atoms with Crippen LogP contribution in [0.15, 0.2) is 53.3 Å². The number of rotatable bonds is 7. The van der Waals surface area contributed by atoms with E-state index >= 15 is 0 Å². The lowest BCUT2D eigenvalue weighted by atomic mass is 10.2. The number of aromatic nitrogens is 2. The predicted molar refractivity (Wildman–Crippen MR) is 113 cm³/mol. The fraction of sp³-hybridized carbons (Fsp3) is 0.238. The summed E-state index contributed by atoms with van der Waals surface area (Å²) in [6.45, 7) is 2.16. The van der Waals surface area contributed by atoms with Crippen LogP contribution < -0.4 is 16.2 Å². The summed E-state index contributed by atoms with van der Waals surface area (Å²) in [5, 5.41) is 5.83. The van der Waals surface area contributed by atoms with Gasteiger partial charge in [-0.15, -0.1) is 0 Å². The van der Waals surface area contributed by atoms with Gasteiger partial charge in [-0.05, 0) is 31.2 Å². The summed E-state index contributed by atoms with van der Waals surface area (Å²) in [7, 11) is 0.